The molecule has 1 rings (SSSR count). The number of methoxy groups -OCH3 is 2. The molecule has 0 bridgehead atoms. The van der Waals surface area contributed by atoms with Crippen molar-refractivity contribution < 1.29 is 73.4 Å². The fourth-order valence-electron chi connectivity index (χ4n) is 6.04. The Morgan fingerprint density at radius 3 is 0.940 bits per heavy atom. The lowest BCUT2D eigenvalue weighted by Crippen LogP contribution is -2.56. The van der Waals surface area contributed by atoms with Crippen LogP contribution in [0.15, 0.2) is 0 Å². The molecule has 0 aromatic carbocycles. The van der Waals surface area contributed by atoms with Crippen LogP contribution < -0.4 is 0 Å². The van der Waals surface area contributed by atoms with E-state index >= 15 is 0 Å². The van der Waals surface area contributed by atoms with E-state index in [0.717, 1.165) is 14.2 Å². The summed E-state index contributed by atoms with van der Waals surface area (Å²) in [5, 5.41) is 47.5. The minimum absolute atomic E-state index is 0.00493. The number of hydrogen-bond acceptors (Lipinski definition) is 14. The minimum Gasteiger partial charge on any atom is -0.481 e. The van der Waals surface area contributed by atoms with Gasteiger partial charge in [-0.05, 0) is 32.6 Å². The smallest absolute Gasteiger partial charge is 0.323 e. The highest BCUT2D eigenvalue weighted by atomic mass is 16.5. The molecule has 0 aromatic heterocycles. The molecule has 0 spiro atoms. The van der Waals surface area contributed by atoms with Crippen LogP contribution in [0.4, 0.5) is 0 Å². The first kappa shape index (κ1) is 43.8. The van der Waals surface area contributed by atoms with Crippen LogP contribution in [0.1, 0.15) is 58.3 Å². The topological polar surface area (TPSA) is 269 Å². The number of esters is 2. The van der Waals surface area contributed by atoms with Crippen molar-refractivity contribution in [1.29, 1.82) is 0 Å². The Labute approximate surface area is 289 Å². The largest absolute Gasteiger partial charge is 0.481 e. The molecule has 1 aliphatic heterocycles. The predicted octanol–water partition coefficient (Wildman–Crippen LogP) is -0.839. The molecular formula is C31H50N4O15. The summed E-state index contributed by atoms with van der Waals surface area (Å²) in [6.07, 6.45) is -2.34. The van der Waals surface area contributed by atoms with Crippen molar-refractivity contribution >= 4 is 47.6 Å². The zero-order valence-electron chi connectivity index (χ0n) is 28.7. The molecule has 5 N–H and O–H groups in total. The van der Waals surface area contributed by atoms with Crippen LogP contribution in [0, 0.1) is 0 Å². The second kappa shape index (κ2) is 22.5. The van der Waals surface area contributed by atoms with E-state index in [1.54, 1.807) is 14.7 Å². The number of carboxylic acid groups (broad SMARTS) is 5. The average Bonchev–Trinajstić information content (AvgIpc) is 3.03. The van der Waals surface area contributed by atoms with Gasteiger partial charge in [-0.15, -0.1) is 0 Å². The van der Waals surface area contributed by atoms with Crippen molar-refractivity contribution in [2.24, 2.45) is 0 Å². The molecule has 19 nitrogen and oxygen atoms in total. The Kier molecular flexibility index (Phi) is 19.7. The molecule has 1 fully saturated rings. The zero-order chi connectivity index (χ0) is 38.0. The number of ketones is 1. The van der Waals surface area contributed by atoms with Crippen LogP contribution >= 0.6 is 0 Å². The lowest BCUT2D eigenvalue weighted by Gasteiger charge is -2.40. The quantitative estimate of drug-likeness (QED) is 0.0960. The zero-order valence-corrected chi connectivity index (χ0v) is 28.7. The van der Waals surface area contributed by atoms with Crippen molar-refractivity contribution in [3.05, 3.63) is 0 Å². The van der Waals surface area contributed by atoms with Crippen molar-refractivity contribution in [3.63, 3.8) is 0 Å². The number of hydrogen-bond donors (Lipinski definition) is 5. The summed E-state index contributed by atoms with van der Waals surface area (Å²) in [4.78, 5) is 103. The van der Waals surface area contributed by atoms with E-state index in [2.05, 4.69) is 0 Å². The predicted molar refractivity (Wildman–Crippen MR) is 171 cm³/mol. The molecule has 1 saturated heterocycles. The molecule has 0 saturated carbocycles. The van der Waals surface area contributed by atoms with E-state index in [0.29, 0.717) is 0 Å². The summed E-state index contributed by atoms with van der Waals surface area (Å²) >= 11 is 0. The van der Waals surface area contributed by atoms with Gasteiger partial charge in [0.15, 0.2) is 0 Å². The lowest BCUT2D eigenvalue weighted by molar-refractivity contribution is -0.151. The highest BCUT2D eigenvalue weighted by Crippen LogP contribution is 2.18. The summed E-state index contributed by atoms with van der Waals surface area (Å²) < 4.78 is 9.95. The third-order valence-electron chi connectivity index (χ3n) is 8.69. The lowest BCUT2D eigenvalue weighted by atomic mass is 10.0. The third kappa shape index (κ3) is 15.6. The minimum atomic E-state index is -1.31. The number of rotatable bonds is 20. The SMILES string of the molecule is COC(=O)C(CCC(=O)O)N1CCN(C(CCC(=O)O)C(C)=O)CCN(C(CCC(=O)O)C(=O)O)CCN(C(CCC(=O)O)C(=O)OC)CC1. The first-order valence-electron chi connectivity index (χ1n) is 16.2. The maximum atomic E-state index is 13.0. The number of nitrogens with zero attached hydrogens (tertiary/aromatic N) is 4. The van der Waals surface area contributed by atoms with Crippen molar-refractivity contribution in [3.8, 4) is 0 Å². The van der Waals surface area contributed by atoms with E-state index in [-0.39, 0.29) is 90.2 Å². The molecule has 0 amide bonds. The van der Waals surface area contributed by atoms with Crippen LogP contribution in [-0.4, -0.2) is 183 Å². The van der Waals surface area contributed by atoms with Gasteiger partial charge in [-0.25, -0.2) is 0 Å². The molecule has 0 radical (unpaired) electrons. The number of ether oxygens (including phenoxy) is 2. The molecule has 19 heteroatoms. The number of carboxylic acids is 5. The van der Waals surface area contributed by atoms with E-state index in [9.17, 15) is 63.9 Å². The summed E-state index contributed by atoms with van der Waals surface area (Å²) in [6, 6.07) is -4.43. The highest BCUT2D eigenvalue weighted by Gasteiger charge is 2.35. The second-order valence-corrected chi connectivity index (χ2v) is 11.9. The molecule has 0 aliphatic carbocycles. The first-order chi connectivity index (χ1) is 23.5. The number of carbonyl (C=O) groups excluding carboxylic acids is 3. The Bertz CT molecular complexity index is 1110. The molecule has 1 heterocycles. The normalized spacial score (nSPS) is 18.3. The molecule has 4 atom stereocenters. The van der Waals surface area contributed by atoms with Gasteiger partial charge >= 0.3 is 41.8 Å². The summed E-state index contributed by atoms with van der Waals surface area (Å²) in [5.74, 6) is -7.89. The highest BCUT2D eigenvalue weighted by molar-refractivity contribution is 5.82. The van der Waals surface area contributed by atoms with E-state index in [4.69, 9.17) is 9.47 Å². The van der Waals surface area contributed by atoms with Gasteiger partial charge in [0.25, 0.3) is 0 Å². The van der Waals surface area contributed by atoms with Gasteiger partial charge in [0.2, 0.25) is 0 Å². The van der Waals surface area contributed by atoms with Crippen LogP contribution in [0.5, 0.6) is 0 Å². The van der Waals surface area contributed by atoms with Gasteiger partial charge < -0.3 is 35.0 Å². The Morgan fingerprint density at radius 2 is 0.700 bits per heavy atom. The van der Waals surface area contributed by atoms with Gasteiger partial charge in [0, 0.05) is 78.0 Å². The van der Waals surface area contributed by atoms with Crippen molar-refractivity contribution in [1.82, 2.24) is 19.6 Å². The molecule has 0 aromatic rings. The first-order valence-corrected chi connectivity index (χ1v) is 16.2. The third-order valence-corrected chi connectivity index (χ3v) is 8.69. The van der Waals surface area contributed by atoms with E-state index in [1.165, 1.54) is 11.8 Å². The summed E-state index contributed by atoms with van der Waals surface area (Å²) in [6.45, 7) is 1.17. The van der Waals surface area contributed by atoms with Crippen molar-refractivity contribution in [2.45, 2.75) is 82.5 Å². The van der Waals surface area contributed by atoms with E-state index < -0.39 is 85.2 Å². The maximum absolute atomic E-state index is 13.0. The number of carbonyl (C=O) groups is 8. The maximum Gasteiger partial charge on any atom is 0.323 e. The van der Waals surface area contributed by atoms with Gasteiger partial charge in [-0.3, -0.25) is 58.0 Å². The van der Waals surface area contributed by atoms with Gasteiger partial charge in [0.05, 0.1) is 20.3 Å². The van der Waals surface area contributed by atoms with Crippen LogP contribution in [-0.2, 0) is 47.8 Å². The molecule has 50 heavy (non-hydrogen) atoms. The second-order valence-electron chi connectivity index (χ2n) is 11.9. The van der Waals surface area contributed by atoms with Gasteiger partial charge in [-0.1, -0.05) is 0 Å². The monoisotopic (exact) mass is 718 g/mol. The fourth-order valence-corrected chi connectivity index (χ4v) is 6.04. The van der Waals surface area contributed by atoms with Crippen LogP contribution in [0.3, 0.4) is 0 Å². The fraction of sp³-hybridized carbons (Fsp3) is 0.742. The van der Waals surface area contributed by atoms with Gasteiger partial charge in [0.1, 0.15) is 23.9 Å². The van der Waals surface area contributed by atoms with Crippen LogP contribution in [0.2, 0.25) is 0 Å². The molecule has 4 unspecified atom stereocenters. The molecule has 284 valence electrons. The van der Waals surface area contributed by atoms with Crippen LogP contribution in [0.25, 0.3) is 0 Å². The Morgan fingerprint density at radius 1 is 0.460 bits per heavy atom. The van der Waals surface area contributed by atoms with Crippen molar-refractivity contribution in [2.75, 3.05) is 66.6 Å². The molecule has 1 aliphatic rings. The van der Waals surface area contributed by atoms with Gasteiger partial charge in [-0.2, -0.15) is 0 Å². The average molecular weight is 719 g/mol. The summed E-state index contributed by atoms with van der Waals surface area (Å²) in [7, 11) is 2.26. The summed E-state index contributed by atoms with van der Waals surface area (Å²) in [5.41, 5.74) is 0. The molecular weight excluding hydrogens is 668 g/mol. The number of Topliss-reactive ketones (excluding diaryl/α,β-unsaturated/α-hetero) is 1. The van der Waals surface area contributed by atoms with E-state index in [1.807, 2.05) is 0 Å². The Hall–Kier alpha value is -4.20. The standard InChI is InChI=1S/C31H50N4O15/c1-20(36)21(4-8-25(37)38)32-12-14-33(22(29(45)46)5-9-26(39)40)15-17-35(24(31(48)50-3)7-11-28(43)44)19-18-34(16-13-32)23(30(47)49-2)6-10-27(41)42/h21-24H,4-19H2,1-3H3,(H,37,38)(H,39,40)(H,41,42)(H,43,44)(H,45,46). The number of aliphatic carboxylic acids is 5. The Balaban J connectivity index is 3.78.